The van der Waals surface area contributed by atoms with Crippen molar-refractivity contribution in [1.29, 1.82) is 0 Å². The van der Waals surface area contributed by atoms with Crippen LogP contribution in [0.1, 0.15) is 9.67 Å². The summed E-state index contributed by atoms with van der Waals surface area (Å²) in [5, 5.41) is 8.91. The summed E-state index contributed by atoms with van der Waals surface area (Å²) in [5.74, 6) is -0.675. The van der Waals surface area contributed by atoms with Crippen LogP contribution in [-0.4, -0.2) is 40.9 Å². The lowest BCUT2D eigenvalue weighted by atomic mass is 10.1. The maximum absolute atomic E-state index is 13.3. The predicted octanol–water partition coefficient (Wildman–Crippen LogP) is 4.07. The van der Waals surface area contributed by atoms with Gasteiger partial charge in [-0.3, -0.25) is 19.5 Å². The quantitative estimate of drug-likeness (QED) is 0.270. The molecule has 3 aromatic heterocycles. The van der Waals surface area contributed by atoms with Gasteiger partial charge in [0.15, 0.2) is 0 Å². The number of urea groups is 1. The smallest absolute Gasteiger partial charge is 0.331 e. The van der Waals surface area contributed by atoms with E-state index in [1.807, 2.05) is 36.4 Å². The third-order valence-corrected chi connectivity index (χ3v) is 6.53. The third-order valence-electron chi connectivity index (χ3n) is 5.44. The molecule has 0 spiro atoms. The number of nitrogens with one attached hydrogen (secondary N) is 3. The molecule has 1 aliphatic rings. The average Bonchev–Trinajstić information content (AvgIpc) is 3.26. The zero-order chi connectivity index (χ0) is 24.4. The van der Waals surface area contributed by atoms with Gasteiger partial charge < -0.3 is 16.0 Å². The highest BCUT2D eigenvalue weighted by Crippen LogP contribution is 2.45. The van der Waals surface area contributed by atoms with Gasteiger partial charge in [-0.15, -0.1) is 11.3 Å². The molecule has 1 aliphatic heterocycles. The summed E-state index contributed by atoms with van der Waals surface area (Å²) in [5.41, 5.74) is 3.50. The summed E-state index contributed by atoms with van der Waals surface area (Å²) >= 11 is 1.20. The fourth-order valence-electron chi connectivity index (χ4n) is 3.85. The van der Waals surface area contributed by atoms with Crippen molar-refractivity contribution in [3.8, 4) is 11.1 Å². The molecule has 9 nitrogen and oxygen atoms in total. The summed E-state index contributed by atoms with van der Waals surface area (Å²) in [6, 6.07) is 13.0. The number of thiophene rings is 1. The van der Waals surface area contributed by atoms with Gasteiger partial charge in [0, 0.05) is 31.0 Å². The normalized spacial score (nSPS) is 12.2. The summed E-state index contributed by atoms with van der Waals surface area (Å²) < 4.78 is 0. The minimum Gasteiger partial charge on any atom is -0.351 e. The summed E-state index contributed by atoms with van der Waals surface area (Å²) in [6.45, 7) is 3.87. The largest absolute Gasteiger partial charge is 0.351 e. The van der Waals surface area contributed by atoms with Crippen LogP contribution in [0.3, 0.4) is 0 Å². The van der Waals surface area contributed by atoms with Gasteiger partial charge >= 0.3 is 6.03 Å². The maximum atomic E-state index is 13.3. The first-order valence-corrected chi connectivity index (χ1v) is 11.6. The second kappa shape index (κ2) is 9.35. The molecule has 0 aliphatic carbocycles. The first kappa shape index (κ1) is 22.2. The number of amides is 4. The second-order valence-corrected chi connectivity index (χ2v) is 8.63. The van der Waals surface area contributed by atoms with Crippen molar-refractivity contribution in [1.82, 2.24) is 20.6 Å². The van der Waals surface area contributed by atoms with Crippen LogP contribution in [-0.2, 0) is 4.79 Å². The van der Waals surface area contributed by atoms with Gasteiger partial charge in [-0.2, -0.15) is 0 Å². The molecule has 4 amide bonds. The molecule has 10 heteroatoms. The second-order valence-electron chi connectivity index (χ2n) is 7.63. The molecule has 0 unspecified atom stereocenters. The lowest BCUT2D eigenvalue weighted by Crippen LogP contribution is -2.36. The Morgan fingerprint density at radius 2 is 1.89 bits per heavy atom. The van der Waals surface area contributed by atoms with Crippen LogP contribution >= 0.6 is 11.3 Å². The molecule has 174 valence electrons. The van der Waals surface area contributed by atoms with Gasteiger partial charge in [-0.1, -0.05) is 36.9 Å². The van der Waals surface area contributed by atoms with Crippen LogP contribution < -0.4 is 20.9 Å². The van der Waals surface area contributed by atoms with Gasteiger partial charge in [0.25, 0.3) is 5.91 Å². The molecule has 4 heterocycles. The molecule has 0 bridgehead atoms. The zero-order valence-electron chi connectivity index (χ0n) is 18.4. The van der Waals surface area contributed by atoms with Crippen LogP contribution in [0.2, 0.25) is 0 Å². The minimum absolute atomic E-state index is 0.227. The number of benzene rings is 1. The fraction of sp³-hybridized carbons (Fsp3) is 0.0800. The first-order valence-electron chi connectivity index (χ1n) is 10.8. The van der Waals surface area contributed by atoms with Crippen molar-refractivity contribution < 1.29 is 14.4 Å². The number of pyridine rings is 2. The van der Waals surface area contributed by atoms with Crippen LogP contribution in [0.15, 0.2) is 73.7 Å². The zero-order valence-corrected chi connectivity index (χ0v) is 19.3. The molecule has 3 N–H and O–H groups in total. The Balaban J connectivity index is 1.48. The van der Waals surface area contributed by atoms with E-state index >= 15 is 0 Å². The Hall–Kier alpha value is -4.57. The highest BCUT2D eigenvalue weighted by atomic mass is 32.1. The number of hydrogen-bond donors (Lipinski definition) is 3. The van der Waals surface area contributed by atoms with E-state index < -0.39 is 6.03 Å². The topological polar surface area (TPSA) is 116 Å². The van der Waals surface area contributed by atoms with Gasteiger partial charge in [0.2, 0.25) is 5.91 Å². The van der Waals surface area contributed by atoms with Crippen LogP contribution in [0.25, 0.3) is 21.3 Å². The van der Waals surface area contributed by atoms with Crippen LogP contribution in [0.4, 0.5) is 21.9 Å². The van der Waals surface area contributed by atoms with Crippen molar-refractivity contribution in [2.45, 2.75) is 0 Å². The Morgan fingerprint density at radius 1 is 1.09 bits per heavy atom. The lowest BCUT2D eigenvalue weighted by molar-refractivity contribution is -0.116. The highest BCUT2D eigenvalue weighted by molar-refractivity contribution is 7.21. The molecule has 1 aromatic carbocycles. The fourth-order valence-corrected chi connectivity index (χ4v) is 4.89. The Kier molecular flexibility index (Phi) is 5.94. The van der Waals surface area contributed by atoms with Crippen LogP contribution in [0.5, 0.6) is 0 Å². The van der Waals surface area contributed by atoms with Gasteiger partial charge in [0.1, 0.15) is 9.71 Å². The number of hydrogen-bond acceptors (Lipinski definition) is 6. The van der Waals surface area contributed by atoms with Gasteiger partial charge in [-0.25, -0.2) is 9.78 Å². The Bertz CT molecular complexity index is 1470. The van der Waals surface area contributed by atoms with Crippen molar-refractivity contribution in [2.75, 3.05) is 23.3 Å². The lowest BCUT2D eigenvalue weighted by Gasteiger charge is -2.28. The number of rotatable bonds is 7. The van der Waals surface area contributed by atoms with Crippen molar-refractivity contribution >= 4 is 56.5 Å². The Labute approximate surface area is 204 Å². The predicted molar refractivity (Wildman–Crippen MR) is 136 cm³/mol. The van der Waals surface area contributed by atoms with E-state index in [0.717, 1.165) is 17.2 Å². The summed E-state index contributed by atoms with van der Waals surface area (Å²) in [4.78, 5) is 48.7. The monoisotopic (exact) mass is 484 g/mol. The van der Waals surface area contributed by atoms with E-state index in [-0.39, 0.29) is 24.9 Å². The molecule has 35 heavy (non-hydrogen) atoms. The number of nitrogens with zero attached hydrogens (tertiary/aromatic N) is 3. The molecule has 0 fully saturated rings. The van der Waals surface area contributed by atoms with Gasteiger partial charge in [-0.05, 0) is 23.8 Å². The maximum Gasteiger partial charge on any atom is 0.331 e. The molecule has 0 radical (unpaired) electrons. The van der Waals surface area contributed by atoms with Crippen molar-refractivity contribution in [3.63, 3.8) is 0 Å². The SMILES string of the molecule is C=CC(=O)NCCNC(=O)c1sc2nccc3c2c1NC(=O)N3c1cncc(-c2ccccc2)c1. The Morgan fingerprint density at radius 3 is 2.69 bits per heavy atom. The van der Waals surface area contributed by atoms with Gasteiger partial charge in [0.05, 0.1) is 28.6 Å². The third kappa shape index (κ3) is 4.22. The van der Waals surface area contributed by atoms with E-state index in [1.165, 1.54) is 16.2 Å². The molecular weight excluding hydrogens is 464 g/mol. The number of anilines is 3. The van der Waals surface area contributed by atoms with E-state index in [2.05, 4.69) is 32.5 Å². The molecule has 4 aromatic rings. The molecular formula is C25H20N6O3S. The molecule has 0 atom stereocenters. The number of carbonyl (C=O) groups is 3. The average molecular weight is 485 g/mol. The summed E-state index contributed by atoms with van der Waals surface area (Å²) in [7, 11) is 0. The molecule has 0 saturated heterocycles. The number of aromatic nitrogens is 2. The standard InChI is InChI=1S/C25H20N6O3S/c1-2-19(32)27-10-11-28-23(33)22-21-20-18(8-9-29-24(20)35-22)31(25(34)30-21)17-12-16(13-26-14-17)15-6-4-3-5-7-15/h2-9,12-14H,1,10-11H2,(H,27,32)(H,28,33)(H,30,34). The molecule has 5 rings (SSSR count). The number of carbonyl (C=O) groups excluding carboxylic acids is 3. The minimum atomic E-state index is -0.400. The van der Waals surface area contributed by atoms with E-state index in [1.54, 1.807) is 24.7 Å². The van der Waals surface area contributed by atoms with E-state index in [4.69, 9.17) is 0 Å². The van der Waals surface area contributed by atoms with Crippen molar-refractivity contribution in [3.05, 3.63) is 78.6 Å². The van der Waals surface area contributed by atoms with E-state index in [9.17, 15) is 14.4 Å². The van der Waals surface area contributed by atoms with Crippen molar-refractivity contribution in [2.24, 2.45) is 0 Å². The highest BCUT2D eigenvalue weighted by Gasteiger charge is 2.32. The van der Waals surface area contributed by atoms with E-state index in [0.29, 0.717) is 32.2 Å². The summed E-state index contributed by atoms with van der Waals surface area (Å²) in [6.07, 6.45) is 6.15. The molecule has 0 saturated carbocycles. The van der Waals surface area contributed by atoms with Crippen LogP contribution in [0, 0.1) is 0 Å². The first-order chi connectivity index (χ1) is 17.1.